The first-order valence-electron chi connectivity index (χ1n) is 10.0. The fourth-order valence-corrected chi connectivity index (χ4v) is 3.32. The molecule has 3 amide bonds. The quantitative estimate of drug-likeness (QED) is 0.735. The van der Waals surface area contributed by atoms with Crippen molar-refractivity contribution in [1.29, 1.82) is 0 Å². The number of hydrogen-bond donors (Lipinski definition) is 2. The van der Waals surface area contributed by atoms with Gasteiger partial charge in [0.05, 0.1) is 12.1 Å². The predicted molar refractivity (Wildman–Crippen MR) is 110 cm³/mol. The van der Waals surface area contributed by atoms with Crippen molar-refractivity contribution in [2.24, 2.45) is 0 Å². The van der Waals surface area contributed by atoms with Crippen molar-refractivity contribution in [3.05, 3.63) is 71.3 Å². The summed E-state index contributed by atoms with van der Waals surface area (Å²) in [6, 6.07) is 14.2. The lowest BCUT2D eigenvalue weighted by molar-refractivity contribution is -0.137. The van der Waals surface area contributed by atoms with Crippen molar-refractivity contribution in [2.75, 3.05) is 32.7 Å². The maximum atomic E-state index is 12.7. The Morgan fingerprint density at radius 3 is 2.10 bits per heavy atom. The highest BCUT2D eigenvalue weighted by Crippen LogP contribution is 2.29. The summed E-state index contributed by atoms with van der Waals surface area (Å²) < 4.78 is 38.0. The summed E-state index contributed by atoms with van der Waals surface area (Å²) in [5.41, 5.74) is 1.10. The number of hydrogen-bond acceptors (Lipinski definition) is 3. The molecule has 9 heteroatoms. The fourth-order valence-electron chi connectivity index (χ4n) is 3.32. The highest BCUT2D eigenvalue weighted by Gasteiger charge is 2.30. The number of carbonyl (C=O) groups excluding carboxylic acids is 2. The lowest BCUT2D eigenvalue weighted by atomic mass is 10.1. The van der Waals surface area contributed by atoms with E-state index in [0.717, 1.165) is 23.3 Å². The van der Waals surface area contributed by atoms with E-state index in [1.54, 1.807) is 4.90 Å². The molecular formula is C22H25F3N4O2. The Bertz CT molecular complexity index is 865. The zero-order chi connectivity index (χ0) is 22.3. The molecule has 2 N–H and O–H groups in total. The van der Waals surface area contributed by atoms with Crippen LogP contribution >= 0.6 is 0 Å². The number of nitrogens with zero attached hydrogens (tertiary/aromatic N) is 2. The van der Waals surface area contributed by atoms with Crippen LogP contribution in [0.5, 0.6) is 0 Å². The van der Waals surface area contributed by atoms with Crippen LogP contribution < -0.4 is 10.6 Å². The SMILES string of the molecule is O=C(NCC(=O)N1CCN(Cc2ccc(C(F)(F)F)cc2)CC1)NCc1ccccc1. The van der Waals surface area contributed by atoms with E-state index >= 15 is 0 Å². The molecule has 0 unspecified atom stereocenters. The Morgan fingerprint density at radius 2 is 1.48 bits per heavy atom. The largest absolute Gasteiger partial charge is 0.416 e. The first kappa shape index (κ1) is 22.6. The molecule has 0 spiro atoms. The molecule has 1 aliphatic rings. The van der Waals surface area contributed by atoms with Gasteiger partial charge in [-0.15, -0.1) is 0 Å². The van der Waals surface area contributed by atoms with E-state index in [2.05, 4.69) is 15.5 Å². The van der Waals surface area contributed by atoms with Crippen LogP contribution in [0.1, 0.15) is 16.7 Å². The monoisotopic (exact) mass is 434 g/mol. The van der Waals surface area contributed by atoms with Crippen LogP contribution in [0.4, 0.5) is 18.0 Å². The van der Waals surface area contributed by atoms with Gasteiger partial charge in [0.1, 0.15) is 0 Å². The zero-order valence-corrected chi connectivity index (χ0v) is 17.0. The van der Waals surface area contributed by atoms with Crippen LogP contribution in [0.2, 0.25) is 0 Å². The molecule has 31 heavy (non-hydrogen) atoms. The van der Waals surface area contributed by atoms with Gasteiger partial charge in [-0.2, -0.15) is 13.2 Å². The van der Waals surface area contributed by atoms with Gasteiger partial charge in [0.25, 0.3) is 0 Å². The Morgan fingerprint density at radius 1 is 0.839 bits per heavy atom. The molecule has 166 valence electrons. The van der Waals surface area contributed by atoms with E-state index in [1.807, 2.05) is 30.3 Å². The number of rotatable bonds is 6. The molecule has 3 rings (SSSR count). The second kappa shape index (κ2) is 10.3. The van der Waals surface area contributed by atoms with E-state index in [-0.39, 0.29) is 12.5 Å². The summed E-state index contributed by atoms with van der Waals surface area (Å²) in [5.74, 6) is -0.163. The van der Waals surface area contributed by atoms with Gasteiger partial charge in [-0.3, -0.25) is 9.69 Å². The maximum Gasteiger partial charge on any atom is 0.416 e. The van der Waals surface area contributed by atoms with Crippen molar-refractivity contribution < 1.29 is 22.8 Å². The molecular weight excluding hydrogens is 409 g/mol. The summed E-state index contributed by atoms with van der Waals surface area (Å²) in [7, 11) is 0. The lowest BCUT2D eigenvalue weighted by Gasteiger charge is -2.34. The summed E-state index contributed by atoms with van der Waals surface area (Å²) in [6.07, 6.45) is -4.34. The third-order valence-electron chi connectivity index (χ3n) is 5.11. The molecule has 0 aliphatic carbocycles. The Hall–Kier alpha value is -3.07. The average Bonchev–Trinajstić information content (AvgIpc) is 2.77. The number of urea groups is 1. The molecule has 1 heterocycles. The van der Waals surface area contributed by atoms with Gasteiger partial charge in [0.2, 0.25) is 5.91 Å². The molecule has 6 nitrogen and oxygen atoms in total. The molecule has 0 bridgehead atoms. The molecule has 2 aromatic carbocycles. The number of benzene rings is 2. The first-order valence-corrected chi connectivity index (χ1v) is 10.0. The maximum absolute atomic E-state index is 12.7. The van der Waals surface area contributed by atoms with Crippen molar-refractivity contribution >= 4 is 11.9 Å². The Kier molecular flexibility index (Phi) is 7.51. The molecule has 0 saturated carbocycles. The number of halogens is 3. The minimum atomic E-state index is -4.34. The molecule has 2 aromatic rings. The standard InChI is InChI=1S/C22H25F3N4O2/c23-22(24,25)19-8-6-18(7-9-19)16-28-10-12-29(13-11-28)20(30)15-27-21(31)26-14-17-4-2-1-3-5-17/h1-9H,10-16H2,(H2,26,27,31). The number of carbonyl (C=O) groups is 2. The smallest absolute Gasteiger partial charge is 0.339 e. The molecule has 0 atom stereocenters. The normalized spacial score (nSPS) is 14.9. The summed E-state index contributed by atoms with van der Waals surface area (Å²) in [4.78, 5) is 28.0. The highest BCUT2D eigenvalue weighted by atomic mass is 19.4. The van der Waals surface area contributed by atoms with Gasteiger partial charge in [-0.05, 0) is 23.3 Å². The van der Waals surface area contributed by atoms with Crippen molar-refractivity contribution in [3.8, 4) is 0 Å². The zero-order valence-electron chi connectivity index (χ0n) is 17.0. The topological polar surface area (TPSA) is 64.7 Å². The van der Waals surface area contributed by atoms with Crippen LogP contribution in [-0.4, -0.2) is 54.5 Å². The fraction of sp³-hybridized carbons (Fsp3) is 0.364. The summed E-state index contributed by atoms with van der Waals surface area (Å²) in [6.45, 7) is 3.07. The van der Waals surface area contributed by atoms with Crippen LogP contribution in [0.15, 0.2) is 54.6 Å². The number of amides is 3. The summed E-state index contributed by atoms with van der Waals surface area (Å²) >= 11 is 0. The summed E-state index contributed by atoms with van der Waals surface area (Å²) in [5, 5.41) is 5.28. The molecule has 0 radical (unpaired) electrons. The van der Waals surface area contributed by atoms with Gasteiger partial charge in [-0.25, -0.2) is 4.79 Å². The van der Waals surface area contributed by atoms with Crippen LogP contribution in [0.3, 0.4) is 0 Å². The second-order valence-electron chi connectivity index (χ2n) is 7.37. The third kappa shape index (κ3) is 6.99. The van der Waals surface area contributed by atoms with Crippen LogP contribution in [0, 0.1) is 0 Å². The molecule has 1 aliphatic heterocycles. The van der Waals surface area contributed by atoms with Gasteiger partial charge >= 0.3 is 12.2 Å². The van der Waals surface area contributed by atoms with E-state index in [9.17, 15) is 22.8 Å². The van der Waals surface area contributed by atoms with Gasteiger partial charge in [-0.1, -0.05) is 42.5 Å². The van der Waals surface area contributed by atoms with Crippen LogP contribution in [0.25, 0.3) is 0 Å². The molecule has 1 fully saturated rings. The van der Waals surface area contributed by atoms with E-state index < -0.39 is 17.8 Å². The number of piperazine rings is 1. The average molecular weight is 434 g/mol. The van der Waals surface area contributed by atoms with Gasteiger partial charge in [0.15, 0.2) is 0 Å². The number of nitrogens with one attached hydrogen (secondary N) is 2. The van der Waals surface area contributed by atoms with Crippen molar-refractivity contribution in [3.63, 3.8) is 0 Å². The Balaban J connectivity index is 1.36. The Labute approximate surface area is 179 Å². The predicted octanol–water partition coefficient (Wildman–Crippen LogP) is 2.85. The van der Waals surface area contributed by atoms with E-state index in [0.29, 0.717) is 39.3 Å². The van der Waals surface area contributed by atoms with Crippen LogP contribution in [-0.2, 0) is 24.1 Å². The third-order valence-corrected chi connectivity index (χ3v) is 5.11. The lowest BCUT2D eigenvalue weighted by Crippen LogP contribution is -2.51. The van der Waals surface area contributed by atoms with Crippen molar-refractivity contribution in [1.82, 2.24) is 20.4 Å². The first-order chi connectivity index (χ1) is 14.8. The second-order valence-corrected chi connectivity index (χ2v) is 7.37. The van der Waals surface area contributed by atoms with E-state index in [1.165, 1.54) is 12.1 Å². The number of alkyl halides is 3. The van der Waals surface area contributed by atoms with E-state index in [4.69, 9.17) is 0 Å². The van der Waals surface area contributed by atoms with Gasteiger partial charge < -0.3 is 15.5 Å². The molecule has 0 aromatic heterocycles. The van der Waals surface area contributed by atoms with Crippen molar-refractivity contribution in [2.45, 2.75) is 19.3 Å². The van der Waals surface area contributed by atoms with Gasteiger partial charge in [0, 0.05) is 39.3 Å². The molecule has 1 saturated heterocycles. The highest BCUT2D eigenvalue weighted by molar-refractivity contribution is 5.84. The minimum Gasteiger partial charge on any atom is -0.339 e. The minimum absolute atomic E-state index is 0.0838.